The summed E-state index contributed by atoms with van der Waals surface area (Å²) in [4.78, 5) is 23.6. The molecule has 0 spiro atoms. The predicted octanol–water partition coefficient (Wildman–Crippen LogP) is -0.928. The van der Waals surface area contributed by atoms with Gasteiger partial charge in [-0.3, -0.25) is 14.8 Å². The van der Waals surface area contributed by atoms with Crippen molar-refractivity contribution < 1.29 is 19.9 Å². The Morgan fingerprint density at radius 3 is 2.62 bits per heavy atom. The summed E-state index contributed by atoms with van der Waals surface area (Å²) in [5.41, 5.74) is 3.66. The van der Waals surface area contributed by atoms with Crippen LogP contribution in [-0.4, -0.2) is 40.3 Å². The molecule has 2 rings (SSSR count). The number of rotatable bonds is 4. The topological polar surface area (TPSA) is 111 Å². The Hall–Kier alpha value is -1.96. The summed E-state index contributed by atoms with van der Waals surface area (Å²) in [6, 6.07) is 6.14. The van der Waals surface area contributed by atoms with Gasteiger partial charge >= 0.3 is 0 Å². The van der Waals surface area contributed by atoms with Crippen molar-refractivity contribution in [3.8, 4) is 0 Å². The van der Waals surface area contributed by atoms with E-state index >= 15 is 0 Å². The van der Waals surface area contributed by atoms with Crippen molar-refractivity contribution in [2.24, 2.45) is 0 Å². The third kappa shape index (κ3) is 3.57. The smallest absolute Gasteiger partial charge is 0.268 e. The average Bonchev–Trinajstić information content (AvgIpc) is 2.50. The highest BCUT2D eigenvalue weighted by Gasteiger charge is 2.30. The number of carbonyl (C=O) groups is 2. The molecule has 3 atom stereocenters. The first-order chi connectivity index (χ1) is 10.0. The van der Waals surface area contributed by atoms with Gasteiger partial charge in [0.05, 0.1) is 12.1 Å². The maximum absolute atomic E-state index is 12.2. The van der Waals surface area contributed by atoms with Crippen molar-refractivity contribution >= 4 is 11.8 Å². The molecule has 0 radical (unpaired) electrons. The van der Waals surface area contributed by atoms with Crippen molar-refractivity contribution in [2.75, 3.05) is 0 Å². The normalized spacial score (nSPS) is 20.0. The van der Waals surface area contributed by atoms with Gasteiger partial charge in [0.15, 0.2) is 0 Å². The first kappa shape index (κ1) is 15.4. The first-order valence-corrected chi connectivity index (χ1v) is 6.75. The molecule has 21 heavy (non-hydrogen) atoms. The maximum atomic E-state index is 12.2. The number of amides is 2. The number of hydroxylamine groups is 1. The molecule has 0 unspecified atom stereocenters. The quantitative estimate of drug-likeness (QED) is 0.364. The number of carbonyl (C=O) groups excluding carboxylic acids is 2. The van der Waals surface area contributed by atoms with Crippen LogP contribution in [0, 0.1) is 0 Å². The number of benzene rings is 1. The van der Waals surface area contributed by atoms with Crippen LogP contribution in [0.3, 0.4) is 0 Å². The van der Waals surface area contributed by atoms with E-state index in [2.05, 4.69) is 10.6 Å². The molecule has 7 heteroatoms. The van der Waals surface area contributed by atoms with Gasteiger partial charge in [0.1, 0.15) is 6.04 Å². The van der Waals surface area contributed by atoms with E-state index in [0.29, 0.717) is 13.0 Å². The zero-order chi connectivity index (χ0) is 15.4. The third-order valence-electron chi connectivity index (χ3n) is 3.57. The van der Waals surface area contributed by atoms with Gasteiger partial charge in [0, 0.05) is 6.54 Å². The van der Waals surface area contributed by atoms with Crippen LogP contribution in [0.2, 0.25) is 0 Å². The lowest BCUT2D eigenvalue weighted by Crippen LogP contribution is -2.57. The molecule has 1 aliphatic rings. The first-order valence-electron chi connectivity index (χ1n) is 6.75. The summed E-state index contributed by atoms with van der Waals surface area (Å²) in [7, 11) is 0. The van der Waals surface area contributed by atoms with Gasteiger partial charge < -0.3 is 15.7 Å². The molecular weight excluding hydrogens is 274 g/mol. The van der Waals surface area contributed by atoms with Crippen LogP contribution < -0.4 is 16.1 Å². The fraction of sp³-hybridized carbons (Fsp3) is 0.429. The second kappa shape index (κ2) is 6.66. The highest BCUT2D eigenvalue weighted by molar-refractivity contribution is 5.90. The van der Waals surface area contributed by atoms with Crippen LogP contribution >= 0.6 is 0 Å². The lowest BCUT2D eigenvalue weighted by atomic mass is 9.95. The number of nitrogens with one attached hydrogen (secondary N) is 3. The van der Waals surface area contributed by atoms with Crippen molar-refractivity contribution in [1.82, 2.24) is 16.1 Å². The van der Waals surface area contributed by atoms with Crippen LogP contribution in [0.15, 0.2) is 24.3 Å². The Bertz CT molecular complexity index is 533. The van der Waals surface area contributed by atoms with Crippen LogP contribution in [0.25, 0.3) is 0 Å². The fourth-order valence-electron chi connectivity index (χ4n) is 2.37. The Balaban J connectivity index is 2.03. The van der Waals surface area contributed by atoms with E-state index in [0.717, 1.165) is 11.1 Å². The van der Waals surface area contributed by atoms with E-state index in [1.54, 1.807) is 0 Å². The Labute approximate surface area is 122 Å². The number of hydrogen-bond donors (Lipinski definition) is 5. The largest absolute Gasteiger partial charge is 0.391 e. The summed E-state index contributed by atoms with van der Waals surface area (Å²) in [6.07, 6.45) is -0.605. The van der Waals surface area contributed by atoms with Crippen molar-refractivity contribution in [3.63, 3.8) is 0 Å². The Kier molecular flexibility index (Phi) is 4.89. The Morgan fingerprint density at radius 1 is 1.33 bits per heavy atom. The fourth-order valence-corrected chi connectivity index (χ4v) is 2.37. The minimum atomic E-state index is -1.19. The second-order valence-corrected chi connectivity index (χ2v) is 5.11. The molecule has 0 saturated heterocycles. The van der Waals surface area contributed by atoms with E-state index < -0.39 is 24.1 Å². The van der Waals surface area contributed by atoms with Crippen LogP contribution in [-0.2, 0) is 22.6 Å². The summed E-state index contributed by atoms with van der Waals surface area (Å²) < 4.78 is 0. The highest BCUT2D eigenvalue weighted by Crippen LogP contribution is 2.16. The molecule has 0 saturated carbocycles. The third-order valence-corrected chi connectivity index (χ3v) is 3.57. The molecule has 0 bridgehead atoms. The van der Waals surface area contributed by atoms with Crippen LogP contribution in [0.1, 0.15) is 18.1 Å². The average molecular weight is 293 g/mol. The number of aliphatic hydroxyl groups is 1. The zero-order valence-electron chi connectivity index (χ0n) is 11.7. The molecule has 0 aliphatic carbocycles. The summed E-state index contributed by atoms with van der Waals surface area (Å²) in [5, 5.41) is 23.7. The standard InChI is InChI=1S/C14H19N3O4/c1-8(18)12(14(20)17-21)16-13(19)11-6-9-4-2-3-5-10(9)7-15-11/h2-5,8,11-12,15,18,21H,6-7H2,1H3,(H,16,19)(H,17,20)/t8-,11+,12+/m1/s1. The maximum Gasteiger partial charge on any atom is 0.268 e. The molecule has 1 aliphatic heterocycles. The molecule has 1 heterocycles. The molecule has 0 fully saturated rings. The zero-order valence-corrected chi connectivity index (χ0v) is 11.7. The minimum Gasteiger partial charge on any atom is -0.391 e. The van der Waals surface area contributed by atoms with Crippen molar-refractivity contribution in [1.29, 1.82) is 0 Å². The number of hydrogen-bond acceptors (Lipinski definition) is 5. The molecule has 2 amide bonds. The summed E-state index contributed by atoms with van der Waals surface area (Å²) in [6.45, 7) is 1.93. The minimum absolute atomic E-state index is 0.390. The number of aliphatic hydroxyl groups excluding tert-OH is 1. The highest BCUT2D eigenvalue weighted by atomic mass is 16.5. The van der Waals surface area contributed by atoms with Gasteiger partial charge in [-0.25, -0.2) is 5.48 Å². The molecule has 1 aromatic rings. The van der Waals surface area contributed by atoms with Gasteiger partial charge in [0.2, 0.25) is 5.91 Å². The monoisotopic (exact) mass is 293 g/mol. The molecule has 1 aromatic carbocycles. The molecule has 0 aromatic heterocycles. The van der Waals surface area contributed by atoms with Gasteiger partial charge in [0.25, 0.3) is 5.91 Å². The van der Waals surface area contributed by atoms with Crippen LogP contribution in [0.5, 0.6) is 0 Å². The van der Waals surface area contributed by atoms with Gasteiger partial charge in [-0.15, -0.1) is 0 Å². The van der Waals surface area contributed by atoms with Gasteiger partial charge in [-0.05, 0) is 24.5 Å². The summed E-state index contributed by atoms with van der Waals surface area (Å²) in [5.74, 6) is -1.24. The molecular formula is C14H19N3O4. The van der Waals surface area contributed by atoms with Crippen LogP contribution in [0.4, 0.5) is 0 Å². The predicted molar refractivity (Wildman–Crippen MR) is 74.3 cm³/mol. The molecule has 5 N–H and O–H groups in total. The van der Waals surface area contributed by atoms with E-state index in [4.69, 9.17) is 5.21 Å². The lowest BCUT2D eigenvalue weighted by molar-refractivity contribution is -0.138. The lowest BCUT2D eigenvalue weighted by Gasteiger charge is -2.27. The Morgan fingerprint density at radius 2 is 2.00 bits per heavy atom. The van der Waals surface area contributed by atoms with E-state index in [1.807, 2.05) is 24.3 Å². The van der Waals surface area contributed by atoms with E-state index in [9.17, 15) is 14.7 Å². The van der Waals surface area contributed by atoms with E-state index in [1.165, 1.54) is 12.4 Å². The second-order valence-electron chi connectivity index (χ2n) is 5.11. The molecule has 114 valence electrons. The molecule has 7 nitrogen and oxygen atoms in total. The number of fused-ring (bicyclic) bond motifs is 1. The van der Waals surface area contributed by atoms with Gasteiger partial charge in [-0.2, -0.15) is 0 Å². The van der Waals surface area contributed by atoms with Crippen molar-refractivity contribution in [2.45, 2.75) is 38.1 Å². The summed E-state index contributed by atoms with van der Waals surface area (Å²) >= 11 is 0. The van der Waals surface area contributed by atoms with E-state index in [-0.39, 0.29) is 5.91 Å². The van der Waals surface area contributed by atoms with Crippen molar-refractivity contribution in [3.05, 3.63) is 35.4 Å². The van der Waals surface area contributed by atoms with Gasteiger partial charge in [-0.1, -0.05) is 24.3 Å². The SMILES string of the molecule is C[C@@H](O)[C@H](NC(=O)[C@@H]1Cc2ccccc2CN1)C(=O)NO.